The lowest BCUT2D eigenvalue weighted by atomic mass is 10.2. The van der Waals surface area contributed by atoms with Crippen molar-refractivity contribution in [1.29, 1.82) is 0 Å². The maximum absolute atomic E-state index is 13.6. The number of amides is 1. The van der Waals surface area contributed by atoms with E-state index >= 15 is 0 Å². The number of rotatable bonds is 8. The maximum Gasteiger partial charge on any atom is 0.262 e. The molecular weight excluding hydrogens is 529 g/mol. The van der Waals surface area contributed by atoms with Gasteiger partial charge in [0.25, 0.3) is 5.91 Å². The van der Waals surface area contributed by atoms with Gasteiger partial charge in [0, 0.05) is 61.1 Å². The van der Waals surface area contributed by atoms with E-state index < -0.39 is 0 Å². The number of likely N-dealkylation sites (N-methyl/N-ethyl adjacent to an activating group) is 1. The fraction of sp³-hybridized carbons (Fsp3) is 0.250. The number of thiazole rings is 1. The number of carbonyl (C=O) groups is 1. The largest absolute Gasteiger partial charge is 0.339 e. The molecule has 0 radical (unpaired) electrons. The van der Waals surface area contributed by atoms with Gasteiger partial charge in [-0.25, -0.2) is 19.3 Å². The second-order valence-electron chi connectivity index (χ2n) is 9.78. The summed E-state index contributed by atoms with van der Waals surface area (Å²) in [6.45, 7) is 5.42. The van der Waals surface area contributed by atoms with Crippen LogP contribution in [0.25, 0.3) is 10.9 Å². The lowest BCUT2D eigenvalue weighted by Gasteiger charge is -2.31. The van der Waals surface area contributed by atoms with Crippen molar-refractivity contribution in [2.75, 3.05) is 43.9 Å². The summed E-state index contributed by atoms with van der Waals surface area (Å²) < 4.78 is 15.4. The van der Waals surface area contributed by atoms with E-state index in [1.807, 2.05) is 35.1 Å². The first-order chi connectivity index (χ1) is 19.5. The summed E-state index contributed by atoms with van der Waals surface area (Å²) in [4.78, 5) is 31.7. The van der Waals surface area contributed by atoms with Crippen LogP contribution >= 0.6 is 11.3 Å². The molecule has 204 valence electrons. The Labute approximate surface area is 234 Å². The molecule has 1 aliphatic heterocycles. The molecule has 2 N–H and O–H groups in total. The molecule has 0 spiro atoms. The molecule has 5 aromatic rings. The van der Waals surface area contributed by atoms with Gasteiger partial charge in [-0.2, -0.15) is 5.10 Å². The zero-order valence-electron chi connectivity index (χ0n) is 21.9. The zero-order valence-corrected chi connectivity index (χ0v) is 22.7. The van der Waals surface area contributed by atoms with Crippen molar-refractivity contribution < 1.29 is 9.18 Å². The molecule has 0 saturated carbocycles. The SMILES string of the molecule is CN1CCN(Cc2cnc(NC(=O)c3cncnc3Nc3ccc4c(cnn4Cc4cccc(F)c4)c3)s2)CC1. The molecule has 3 aromatic heterocycles. The van der Waals surface area contributed by atoms with E-state index in [1.165, 1.54) is 36.0 Å². The fourth-order valence-corrected chi connectivity index (χ4v) is 5.51. The lowest BCUT2D eigenvalue weighted by Crippen LogP contribution is -2.43. The first kappa shape index (κ1) is 26.0. The first-order valence-electron chi connectivity index (χ1n) is 12.9. The van der Waals surface area contributed by atoms with E-state index in [9.17, 15) is 9.18 Å². The Hall–Kier alpha value is -4.26. The van der Waals surface area contributed by atoms with Gasteiger partial charge in [-0.05, 0) is 42.9 Å². The van der Waals surface area contributed by atoms with Gasteiger partial charge in [-0.3, -0.25) is 19.7 Å². The Bertz CT molecular complexity index is 1640. The van der Waals surface area contributed by atoms with Gasteiger partial charge in [-0.15, -0.1) is 11.3 Å². The Kier molecular flexibility index (Phi) is 7.45. The third kappa shape index (κ3) is 5.98. The number of halogens is 1. The number of nitrogens with one attached hydrogen (secondary N) is 2. The summed E-state index contributed by atoms with van der Waals surface area (Å²) >= 11 is 1.48. The second-order valence-corrected chi connectivity index (χ2v) is 10.9. The van der Waals surface area contributed by atoms with Crippen molar-refractivity contribution in [2.24, 2.45) is 0 Å². The Morgan fingerprint density at radius 1 is 1.02 bits per heavy atom. The first-order valence-corrected chi connectivity index (χ1v) is 13.8. The molecular formula is C28H28FN9OS. The minimum absolute atomic E-state index is 0.272. The minimum atomic E-state index is -0.340. The molecule has 12 heteroatoms. The molecule has 0 unspecified atom stereocenters. The van der Waals surface area contributed by atoms with E-state index in [4.69, 9.17) is 0 Å². The van der Waals surface area contributed by atoms with E-state index in [-0.39, 0.29) is 11.7 Å². The van der Waals surface area contributed by atoms with Gasteiger partial charge in [0.2, 0.25) is 0 Å². The molecule has 1 aliphatic rings. The average molecular weight is 558 g/mol. The molecule has 0 bridgehead atoms. The van der Waals surface area contributed by atoms with Crippen LogP contribution in [0.4, 0.5) is 21.0 Å². The van der Waals surface area contributed by atoms with Gasteiger partial charge in [0.1, 0.15) is 23.5 Å². The van der Waals surface area contributed by atoms with Gasteiger partial charge < -0.3 is 10.2 Å². The summed E-state index contributed by atoms with van der Waals surface area (Å²) in [6, 6.07) is 12.2. The van der Waals surface area contributed by atoms with Crippen molar-refractivity contribution >= 4 is 44.8 Å². The number of hydrogen-bond donors (Lipinski definition) is 2. The normalized spacial score (nSPS) is 14.4. The summed E-state index contributed by atoms with van der Waals surface area (Å²) in [5, 5.41) is 12.0. The average Bonchev–Trinajstić information content (AvgIpc) is 3.56. The number of hydrogen-bond acceptors (Lipinski definition) is 9. The number of benzene rings is 2. The number of nitrogens with zero attached hydrogens (tertiary/aromatic N) is 7. The monoisotopic (exact) mass is 557 g/mol. The smallest absolute Gasteiger partial charge is 0.262 e. The molecule has 40 heavy (non-hydrogen) atoms. The van der Waals surface area contributed by atoms with Crippen LogP contribution in [0, 0.1) is 5.82 Å². The zero-order chi connectivity index (χ0) is 27.5. The molecule has 1 fully saturated rings. The van der Waals surface area contributed by atoms with Crippen LogP contribution in [0.5, 0.6) is 0 Å². The number of anilines is 3. The predicted molar refractivity (Wildman–Crippen MR) is 153 cm³/mol. The van der Waals surface area contributed by atoms with E-state index in [0.29, 0.717) is 23.1 Å². The molecule has 1 saturated heterocycles. The predicted octanol–water partition coefficient (Wildman–Crippen LogP) is 4.21. The highest BCUT2D eigenvalue weighted by molar-refractivity contribution is 7.15. The van der Waals surface area contributed by atoms with Crippen molar-refractivity contribution in [2.45, 2.75) is 13.1 Å². The van der Waals surface area contributed by atoms with Crippen LogP contribution in [0.1, 0.15) is 20.8 Å². The highest BCUT2D eigenvalue weighted by Crippen LogP contribution is 2.25. The van der Waals surface area contributed by atoms with Crippen molar-refractivity contribution in [3.63, 3.8) is 0 Å². The fourth-order valence-electron chi connectivity index (χ4n) is 4.66. The Balaban J connectivity index is 1.13. The molecule has 10 nitrogen and oxygen atoms in total. The second kappa shape index (κ2) is 11.5. The van der Waals surface area contributed by atoms with Crippen molar-refractivity contribution in [3.8, 4) is 0 Å². The van der Waals surface area contributed by atoms with Gasteiger partial charge >= 0.3 is 0 Å². The van der Waals surface area contributed by atoms with Crippen LogP contribution in [0.15, 0.2) is 67.4 Å². The number of aromatic nitrogens is 5. The molecule has 6 rings (SSSR count). The number of carbonyl (C=O) groups excluding carboxylic acids is 1. The van der Waals surface area contributed by atoms with E-state index in [1.54, 1.807) is 12.3 Å². The Morgan fingerprint density at radius 3 is 2.75 bits per heavy atom. The number of fused-ring (bicyclic) bond motifs is 1. The quantitative estimate of drug-likeness (QED) is 0.292. The van der Waals surface area contributed by atoms with Gasteiger partial charge in [0.15, 0.2) is 5.13 Å². The number of piperazine rings is 1. The summed E-state index contributed by atoms with van der Waals surface area (Å²) in [6.07, 6.45) is 6.46. The molecule has 4 heterocycles. The van der Waals surface area contributed by atoms with Crippen LogP contribution in [-0.2, 0) is 13.1 Å². The summed E-state index contributed by atoms with van der Waals surface area (Å²) in [5.41, 5.74) is 2.79. The van der Waals surface area contributed by atoms with Crippen LogP contribution < -0.4 is 10.6 Å². The van der Waals surface area contributed by atoms with Crippen LogP contribution in [-0.4, -0.2) is 73.7 Å². The minimum Gasteiger partial charge on any atom is -0.339 e. The maximum atomic E-state index is 13.6. The van der Waals surface area contributed by atoms with Gasteiger partial charge in [0.05, 0.1) is 18.3 Å². The van der Waals surface area contributed by atoms with Crippen molar-refractivity contribution in [1.82, 2.24) is 34.5 Å². The highest BCUT2D eigenvalue weighted by Gasteiger charge is 2.18. The van der Waals surface area contributed by atoms with E-state index in [0.717, 1.165) is 59.8 Å². The third-order valence-corrected chi connectivity index (χ3v) is 7.73. The summed E-state index contributed by atoms with van der Waals surface area (Å²) in [7, 11) is 2.14. The van der Waals surface area contributed by atoms with Gasteiger partial charge in [-0.1, -0.05) is 12.1 Å². The Morgan fingerprint density at radius 2 is 1.90 bits per heavy atom. The van der Waals surface area contributed by atoms with Crippen LogP contribution in [0.3, 0.4) is 0 Å². The van der Waals surface area contributed by atoms with E-state index in [2.05, 4.69) is 47.5 Å². The van der Waals surface area contributed by atoms with Crippen LogP contribution in [0.2, 0.25) is 0 Å². The summed E-state index contributed by atoms with van der Waals surface area (Å²) in [5.74, 6) is -0.230. The molecule has 2 aromatic carbocycles. The molecule has 0 atom stereocenters. The topological polar surface area (TPSA) is 104 Å². The van der Waals surface area contributed by atoms with Crippen molar-refractivity contribution in [3.05, 3.63) is 89.2 Å². The highest BCUT2D eigenvalue weighted by atomic mass is 32.1. The lowest BCUT2D eigenvalue weighted by molar-refractivity contribution is 0.102. The standard InChI is InChI=1S/C28H28FN9OS/c1-36-7-9-37(10-8-36)17-23-14-31-28(40-23)35-27(39)24-15-30-18-32-26(24)34-22-5-6-25-20(12-22)13-33-38(25)16-19-3-2-4-21(29)11-19/h2-6,11-15,18H,7-10,16-17H2,1H3,(H,30,32,34)(H,31,35,39). The molecule has 0 aliphatic carbocycles. The third-order valence-electron chi connectivity index (χ3n) is 6.83. The molecule has 1 amide bonds.